The topological polar surface area (TPSA) is 88.1 Å². The van der Waals surface area contributed by atoms with Crippen molar-refractivity contribution < 1.29 is 4.74 Å². The smallest absolute Gasteiger partial charge is 0.158 e. The van der Waals surface area contributed by atoms with E-state index in [9.17, 15) is 0 Å². The van der Waals surface area contributed by atoms with Crippen LogP contribution in [0.1, 0.15) is 32.0 Å². The molecule has 1 aliphatic rings. The molecule has 1 aromatic heterocycles. The Kier molecular flexibility index (Phi) is 4.53. The molecule has 2 N–H and O–H groups in total. The summed E-state index contributed by atoms with van der Waals surface area (Å²) in [5.74, 6) is 1.85. The molecule has 0 atom stereocenters. The minimum atomic E-state index is 0.366. The second-order valence-corrected chi connectivity index (χ2v) is 4.54. The van der Waals surface area contributed by atoms with Crippen LogP contribution in [0, 0.1) is 11.3 Å². The van der Waals surface area contributed by atoms with Crippen molar-refractivity contribution in [1.82, 2.24) is 9.97 Å². The van der Waals surface area contributed by atoms with E-state index in [1.807, 2.05) is 6.92 Å². The summed E-state index contributed by atoms with van der Waals surface area (Å²) in [7, 11) is 0. The fraction of sp³-hybridized carbons (Fsp3) is 0.615. The average Bonchev–Trinajstić information content (AvgIpc) is 3.21. The van der Waals surface area contributed by atoms with Crippen LogP contribution in [0.3, 0.4) is 0 Å². The Morgan fingerprint density at radius 2 is 2.32 bits per heavy atom. The molecule has 0 spiro atoms. The number of rotatable bonds is 7. The molecule has 0 amide bonds. The Morgan fingerprint density at radius 3 is 2.95 bits per heavy atom. The number of anilines is 2. The van der Waals surface area contributed by atoms with Crippen LogP contribution in [0.15, 0.2) is 6.07 Å². The minimum absolute atomic E-state index is 0.366. The number of hydrogen-bond acceptors (Lipinski definition) is 6. The van der Waals surface area contributed by atoms with E-state index in [1.165, 1.54) is 0 Å². The maximum Gasteiger partial charge on any atom is 0.158 e. The molecule has 1 saturated carbocycles. The molecule has 2 rings (SSSR count). The van der Waals surface area contributed by atoms with Gasteiger partial charge in [0.1, 0.15) is 18.2 Å². The Morgan fingerprint density at radius 1 is 1.53 bits per heavy atom. The first kappa shape index (κ1) is 13.6. The van der Waals surface area contributed by atoms with Gasteiger partial charge < -0.3 is 15.4 Å². The van der Waals surface area contributed by atoms with Crippen molar-refractivity contribution in [3.63, 3.8) is 0 Å². The maximum atomic E-state index is 8.74. The van der Waals surface area contributed by atoms with Gasteiger partial charge in [0.05, 0.1) is 12.5 Å². The number of ether oxygens (including phenoxy) is 1. The molecule has 0 aromatic carbocycles. The third-order valence-electron chi connectivity index (χ3n) is 2.96. The molecule has 1 heterocycles. The fourth-order valence-electron chi connectivity index (χ4n) is 1.95. The molecular weight excluding hydrogens is 242 g/mol. The van der Waals surface area contributed by atoms with Gasteiger partial charge in [0.2, 0.25) is 0 Å². The molecule has 6 nitrogen and oxygen atoms in total. The lowest BCUT2D eigenvalue weighted by Crippen LogP contribution is -2.28. The molecule has 1 aromatic rings. The van der Waals surface area contributed by atoms with E-state index < -0.39 is 0 Å². The van der Waals surface area contributed by atoms with Crippen LogP contribution in [0.2, 0.25) is 0 Å². The molecule has 19 heavy (non-hydrogen) atoms. The highest BCUT2D eigenvalue weighted by atomic mass is 16.5. The first-order valence-electron chi connectivity index (χ1n) is 6.59. The summed E-state index contributed by atoms with van der Waals surface area (Å²) >= 11 is 0. The molecule has 102 valence electrons. The molecule has 0 radical (unpaired) electrons. The largest absolute Gasteiger partial charge is 0.384 e. The first-order chi connectivity index (χ1) is 9.24. The van der Waals surface area contributed by atoms with E-state index in [0.717, 1.165) is 18.7 Å². The van der Waals surface area contributed by atoms with Crippen LogP contribution in [-0.2, 0) is 11.3 Å². The monoisotopic (exact) mass is 261 g/mol. The second kappa shape index (κ2) is 6.34. The third-order valence-corrected chi connectivity index (χ3v) is 2.96. The quantitative estimate of drug-likeness (QED) is 0.799. The van der Waals surface area contributed by atoms with Gasteiger partial charge in [-0.05, 0) is 19.8 Å². The summed E-state index contributed by atoms with van der Waals surface area (Å²) in [5, 5.41) is 8.74. The molecule has 1 fully saturated rings. The van der Waals surface area contributed by atoms with E-state index in [0.29, 0.717) is 43.9 Å². The number of nitrogen functional groups attached to an aromatic ring is 1. The van der Waals surface area contributed by atoms with Crippen molar-refractivity contribution in [2.24, 2.45) is 0 Å². The number of nitrogens with zero attached hydrogens (tertiary/aromatic N) is 4. The Hall–Kier alpha value is -1.87. The lowest BCUT2D eigenvalue weighted by molar-refractivity contribution is 0.128. The number of nitriles is 1. The molecule has 0 bridgehead atoms. The zero-order valence-corrected chi connectivity index (χ0v) is 11.2. The van der Waals surface area contributed by atoms with Crippen LogP contribution in [0.4, 0.5) is 11.6 Å². The summed E-state index contributed by atoms with van der Waals surface area (Å²) < 4.78 is 5.32. The lowest BCUT2D eigenvalue weighted by Gasteiger charge is -2.22. The Balaban J connectivity index is 2.16. The molecule has 0 unspecified atom stereocenters. The fourth-order valence-corrected chi connectivity index (χ4v) is 1.95. The average molecular weight is 261 g/mol. The standard InChI is InChI=1S/C13H19N5O/c1-2-19-9-12-16-11(15)8-13(17-12)18(7-3-6-14)10-4-5-10/h8,10H,2-5,7,9H2,1H3,(H2,15,16,17). The summed E-state index contributed by atoms with van der Waals surface area (Å²) in [6.45, 7) is 3.60. The van der Waals surface area contributed by atoms with Gasteiger partial charge in [0, 0.05) is 25.3 Å². The third kappa shape index (κ3) is 3.80. The van der Waals surface area contributed by atoms with Crippen molar-refractivity contribution >= 4 is 11.6 Å². The number of hydrogen-bond donors (Lipinski definition) is 1. The van der Waals surface area contributed by atoms with Crippen molar-refractivity contribution in [3.8, 4) is 6.07 Å². The van der Waals surface area contributed by atoms with Crippen LogP contribution in [0.25, 0.3) is 0 Å². The second-order valence-electron chi connectivity index (χ2n) is 4.54. The van der Waals surface area contributed by atoms with Gasteiger partial charge in [0.15, 0.2) is 5.82 Å². The van der Waals surface area contributed by atoms with E-state index >= 15 is 0 Å². The van der Waals surface area contributed by atoms with Gasteiger partial charge in [-0.2, -0.15) is 5.26 Å². The Bertz CT molecular complexity index is 467. The van der Waals surface area contributed by atoms with E-state index in [-0.39, 0.29) is 0 Å². The summed E-state index contributed by atoms with van der Waals surface area (Å²) in [4.78, 5) is 10.8. The lowest BCUT2D eigenvalue weighted by atomic mass is 10.3. The van der Waals surface area contributed by atoms with Gasteiger partial charge in [-0.15, -0.1) is 0 Å². The minimum Gasteiger partial charge on any atom is -0.384 e. The SMILES string of the molecule is CCOCc1nc(N)cc(N(CCC#N)C2CC2)n1. The predicted molar refractivity (Wildman–Crippen MR) is 72.4 cm³/mol. The molecule has 6 heteroatoms. The molecule has 0 saturated heterocycles. The normalized spacial score (nSPS) is 14.1. The molecular formula is C13H19N5O. The van der Waals surface area contributed by atoms with Gasteiger partial charge in [-0.3, -0.25) is 0 Å². The van der Waals surface area contributed by atoms with Crippen molar-refractivity contribution in [1.29, 1.82) is 5.26 Å². The van der Waals surface area contributed by atoms with Crippen molar-refractivity contribution in [2.45, 2.75) is 38.8 Å². The highest BCUT2D eigenvalue weighted by molar-refractivity contribution is 5.48. The van der Waals surface area contributed by atoms with Gasteiger partial charge in [0.25, 0.3) is 0 Å². The highest BCUT2D eigenvalue weighted by Crippen LogP contribution is 2.31. The summed E-state index contributed by atoms with van der Waals surface area (Å²) in [6, 6.07) is 4.43. The number of aromatic nitrogens is 2. The van der Waals surface area contributed by atoms with Crippen LogP contribution in [0.5, 0.6) is 0 Å². The van der Waals surface area contributed by atoms with Gasteiger partial charge in [-0.25, -0.2) is 9.97 Å². The highest BCUT2D eigenvalue weighted by Gasteiger charge is 2.30. The van der Waals surface area contributed by atoms with Gasteiger partial charge >= 0.3 is 0 Å². The van der Waals surface area contributed by atoms with Crippen molar-refractivity contribution in [2.75, 3.05) is 23.8 Å². The summed E-state index contributed by atoms with van der Waals surface area (Å²) in [5.41, 5.74) is 5.82. The molecule has 1 aliphatic carbocycles. The zero-order valence-electron chi connectivity index (χ0n) is 11.2. The molecule has 0 aliphatic heterocycles. The predicted octanol–water partition coefficient (Wildman–Crippen LogP) is 1.48. The van der Waals surface area contributed by atoms with Gasteiger partial charge in [-0.1, -0.05) is 0 Å². The number of nitrogens with two attached hydrogens (primary N) is 1. The van der Waals surface area contributed by atoms with Crippen molar-refractivity contribution in [3.05, 3.63) is 11.9 Å². The first-order valence-corrected chi connectivity index (χ1v) is 6.59. The van der Waals surface area contributed by atoms with Crippen LogP contribution in [-0.4, -0.2) is 29.2 Å². The summed E-state index contributed by atoms with van der Waals surface area (Å²) in [6.07, 6.45) is 2.79. The van der Waals surface area contributed by atoms with Crippen LogP contribution >= 0.6 is 0 Å². The van der Waals surface area contributed by atoms with E-state index in [1.54, 1.807) is 6.07 Å². The van der Waals surface area contributed by atoms with E-state index in [4.69, 9.17) is 15.7 Å². The zero-order chi connectivity index (χ0) is 13.7. The van der Waals surface area contributed by atoms with Crippen LogP contribution < -0.4 is 10.6 Å². The van der Waals surface area contributed by atoms with E-state index in [2.05, 4.69) is 20.9 Å². The Labute approximate surface area is 113 Å². The maximum absolute atomic E-state index is 8.74.